The van der Waals surface area contributed by atoms with E-state index in [9.17, 15) is 5.11 Å². The molecule has 1 aromatic carbocycles. The average molecular weight is 201 g/mol. The number of hydrogen-bond donors (Lipinski definition) is 2. The van der Waals surface area contributed by atoms with Gasteiger partial charge in [0.05, 0.1) is 6.61 Å². The molecule has 2 radical (unpaired) electrons. The number of benzene rings is 1. The molecule has 76 valence electrons. The highest BCUT2D eigenvalue weighted by Gasteiger charge is 2.18. The predicted octanol–water partition coefficient (Wildman–Crippen LogP) is 0.817. The van der Waals surface area contributed by atoms with E-state index in [1.807, 2.05) is 19.1 Å². The van der Waals surface area contributed by atoms with Crippen LogP contribution < -0.4 is 10.8 Å². The Bertz CT molecular complexity index is 404. The quantitative estimate of drug-likeness (QED) is 0.610. The number of nitrogens with one attached hydrogen (secondary N) is 1. The molecule has 1 unspecified atom stereocenters. The van der Waals surface area contributed by atoms with Crippen molar-refractivity contribution in [2.45, 2.75) is 13.2 Å². The van der Waals surface area contributed by atoms with Gasteiger partial charge in [-0.15, -0.1) is 0 Å². The summed E-state index contributed by atoms with van der Waals surface area (Å²) in [5.74, 6) is 0. The van der Waals surface area contributed by atoms with Gasteiger partial charge in [0, 0.05) is 16.9 Å². The van der Waals surface area contributed by atoms with Gasteiger partial charge in [0.2, 0.25) is 0 Å². The molecular formula is C11H12BNO2. The number of allylic oxidation sites excluding steroid dienone is 1. The second kappa shape index (κ2) is 4.09. The molecule has 3 nitrogen and oxygen atoms in total. The van der Waals surface area contributed by atoms with Gasteiger partial charge in [0.1, 0.15) is 7.85 Å². The van der Waals surface area contributed by atoms with Crippen LogP contribution in [0.5, 0.6) is 0 Å². The van der Waals surface area contributed by atoms with Crippen LogP contribution in [0.15, 0.2) is 30.0 Å². The van der Waals surface area contributed by atoms with Gasteiger partial charge in [-0.1, -0.05) is 23.7 Å². The van der Waals surface area contributed by atoms with Crippen molar-refractivity contribution in [3.05, 3.63) is 35.5 Å². The third kappa shape index (κ3) is 2.06. The van der Waals surface area contributed by atoms with Crippen LogP contribution in [0.2, 0.25) is 0 Å². The Hall–Kier alpha value is -1.26. The molecule has 1 atom stereocenters. The maximum Gasteiger partial charge on any atom is 0.183 e. The molecule has 0 spiro atoms. The molecule has 0 fully saturated rings. The van der Waals surface area contributed by atoms with Crippen molar-refractivity contribution in [2.75, 3.05) is 11.9 Å². The fraction of sp³-hybridized carbons (Fsp3) is 0.273. The number of rotatable bonds is 0. The van der Waals surface area contributed by atoms with E-state index < -0.39 is 6.29 Å². The minimum atomic E-state index is -0.923. The zero-order chi connectivity index (χ0) is 10.8. The second-order valence-corrected chi connectivity index (χ2v) is 3.45. The zero-order valence-electron chi connectivity index (χ0n) is 8.53. The maximum atomic E-state index is 9.73. The summed E-state index contributed by atoms with van der Waals surface area (Å²) in [6.45, 7) is 2.28. The third-order valence-corrected chi connectivity index (χ3v) is 2.38. The van der Waals surface area contributed by atoms with E-state index in [0.29, 0.717) is 17.6 Å². The lowest BCUT2D eigenvalue weighted by Crippen LogP contribution is -2.08. The van der Waals surface area contributed by atoms with E-state index >= 15 is 0 Å². The van der Waals surface area contributed by atoms with Crippen molar-refractivity contribution < 1.29 is 9.84 Å². The Morgan fingerprint density at radius 1 is 1.60 bits per heavy atom. The highest BCUT2D eigenvalue weighted by atomic mass is 16.6. The molecule has 1 aliphatic rings. The predicted molar refractivity (Wildman–Crippen MR) is 60.1 cm³/mol. The molecule has 0 aromatic heterocycles. The minimum absolute atomic E-state index is 0.367. The number of aliphatic hydroxyl groups excluding tert-OH is 1. The summed E-state index contributed by atoms with van der Waals surface area (Å²) in [6, 6.07) is 5.34. The van der Waals surface area contributed by atoms with Gasteiger partial charge in [-0.2, -0.15) is 0 Å². The second-order valence-electron chi connectivity index (χ2n) is 3.45. The molecule has 1 heterocycles. The summed E-state index contributed by atoms with van der Waals surface area (Å²) in [5, 5.41) is 12.9. The fourth-order valence-corrected chi connectivity index (χ4v) is 1.52. The standard InChI is InChI=1S/C11H12BNO2/c1-2-8-6-15-11(14)9-5-7(12)3-4-10(9)13-8/h2-5,11,13-14H,6H2,1H3/b8-2+. The Morgan fingerprint density at radius 3 is 3.13 bits per heavy atom. The summed E-state index contributed by atoms with van der Waals surface area (Å²) < 4.78 is 5.26. The molecule has 0 saturated heterocycles. The minimum Gasteiger partial charge on any atom is -0.364 e. The van der Waals surface area contributed by atoms with E-state index in [1.54, 1.807) is 12.1 Å². The van der Waals surface area contributed by atoms with Gasteiger partial charge in [0.15, 0.2) is 6.29 Å². The molecule has 0 bridgehead atoms. The third-order valence-electron chi connectivity index (χ3n) is 2.38. The fourth-order valence-electron chi connectivity index (χ4n) is 1.52. The molecule has 0 saturated carbocycles. The van der Waals surface area contributed by atoms with Gasteiger partial charge in [-0.25, -0.2) is 0 Å². The van der Waals surface area contributed by atoms with Crippen LogP contribution >= 0.6 is 0 Å². The number of aliphatic hydroxyl groups is 1. The van der Waals surface area contributed by atoms with E-state index in [0.717, 1.165) is 11.4 Å². The van der Waals surface area contributed by atoms with Crippen molar-refractivity contribution in [1.29, 1.82) is 0 Å². The summed E-state index contributed by atoms with van der Waals surface area (Å²) in [7, 11) is 5.65. The molecular weight excluding hydrogens is 189 g/mol. The highest BCUT2D eigenvalue weighted by Crippen LogP contribution is 2.27. The smallest absolute Gasteiger partial charge is 0.183 e. The van der Waals surface area contributed by atoms with Crippen LogP contribution in [0.4, 0.5) is 5.69 Å². The molecule has 1 aliphatic heterocycles. The SMILES string of the molecule is [B]c1ccc2c(c1)C(O)OC/C(=C\C)N2. The first kappa shape index (κ1) is 10.3. The lowest BCUT2D eigenvalue weighted by molar-refractivity contribution is -0.0918. The molecule has 1 aromatic rings. The van der Waals surface area contributed by atoms with Crippen LogP contribution in [0.1, 0.15) is 18.8 Å². The van der Waals surface area contributed by atoms with Gasteiger partial charge in [-0.3, -0.25) is 0 Å². The monoisotopic (exact) mass is 201 g/mol. The van der Waals surface area contributed by atoms with Crippen molar-refractivity contribution >= 4 is 19.0 Å². The summed E-state index contributed by atoms with van der Waals surface area (Å²) in [4.78, 5) is 0. The first-order chi connectivity index (χ1) is 7.20. The van der Waals surface area contributed by atoms with Crippen LogP contribution in [-0.4, -0.2) is 19.6 Å². The van der Waals surface area contributed by atoms with E-state index in [2.05, 4.69) is 5.32 Å². The van der Waals surface area contributed by atoms with Crippen molar-refractivity contribution in [3.63, 3.8) is 0 Å². The Kier molecular flexibility index (Phi) is 2.80. The number of ether oxygens (including phenoxy) is 1. The molecule has 4 heteroatoms. The Balaban J connectivity index is 2.44. The highest BCUT2D eigenvalue weighted by molar-refractivity contribution is 6.32. The normalized spacial score (nSPS) is 23.1. The number of anilines is 1. The lowest BCUT2D eigenvalue weighted by Gasteiger charge is -2.11. The summed E-state index contributed by atoms with van der Waals surface area (Å²) >= 11 is 0. The Morgan fingerprint density at radius 2 is 2.40 bits per heavy atom. The number of fused-ring (bicyclic) bond motifs is 1. The molecule has 0 aliphatic carbocycles. The first-order valence-corrected chi connectivity index (χ1v) is 4.82. The molecule has 2 N–H and O–H groups in total. The summed E-state index contributed by atoms with van der Waals surface area (Å²) in [6.07, 6.45) is 0.992. The van der Waals surface area contributed by atoms with Crippen molar-refractivity contribution in [3.8, 4) is 0 Å². The van der Waals surface area contributed by atoms with Gasteiger partial charge in [0.25, 0.3) is 0 Å². The zero-order valence-corrected chi connectivity index (χ0v) is 8.53. The Labute approximate surface area is 90.2 Å². The van der Waals surface area contributed by atoms with E-state index in [4.69, 9.17) is 12.6 Å². The maximum absolute atomic E-state index is 9.73. The number of hydrogen-bond acceptors (Lipinski definition) is 3. The van der Waals surface area contributed by atoms with Gasteiger partial charge >= 0.3 is 0 Å². The van der Waals surface area contributed by atoms with E-state index in [-0.39, 0.29) is 0 Å². The molecule has 15 heavy (non-hydrogen) atoms. The van der Waals surface area contributed by atoms with E-state index in [1.165, 1.54) is 0 Å². The molecule has 2 rings (SSSR count). The molecule has 0 amide bonds. The van der Waals surface area contributed by atoms with Crippen LogP contribution in [0.3, 0.4) is 0 Å². The lowest BCUT2D eigenvalue weighted by atomic mass is 9.93. The first-order valence-electron chi connectivity index (χ1n) is 4.82. The van der Waals surface area contributed by atoms with Gasteiger partial charge < -0.3 is 15.2 Å². The van der Waals surface area contributed by atoms with Crippen molar-refractivity contribution in [1.82, 2.24) is 0 Å². The topological polar surface area (TPSA) is 41.5 Å². The van der Waals surface area contributed by atoms with Gasteiger partial charge in [-0.05, 0) is 13.0 Å². The van der Waals surface area contributed by atoms with Crippen LogP contribution in [-0.2, 0) is 4.74 Å². The van der Waals surface area contributed by atoms with Crippen LogP contribution in [0.25, 0.3) is 0 Å². The van der Waals surface area contributed by atoms with Crippen LogP contribution in [0, 0.1) is 0 Å². The van der Waals surface area contributed by atoms with Crippen molar-refractivity contribution in [2.24, 2.45) is 0 Å². The largest absolute Gasteiger partial charge is 0.364 e. The summed E-state index contributed by atoms with van der Waals surface area (Å²) in [5.41, 5.74) is 3.05. The average Bonchev–Trinajstić information content (AvgIpc) is 2.39.